The number of carbonyl (C=O) groups is 1. The molecule has 1 amide bonds. The van der Waals surface area contributed by atoms with Crippen LogP contribution >= 0.6 is 23.2 Å². The van der Waals surface area contributed by atoms with Gasteiger partial charge in [-0.1, -0.05) is 55.6 Å². The van der Waals surface area contributed by atoms with E-state index in [1.54, 1.807) is 6.20 Å². The van der Waals surface area contributed by atoms with E-state index in [-0.39, 0.29) is 17.9 Å². The normalized spacial score (nSPS) is 18.6. The lowest BCUT2D eigenvalue weighted by atomic mass is 9.93. The first-order valence-corrected chi connectivity index (χ1v) is 11.1. The molecule has 0 unspecified atom stereocenters. The lowest BCUT2D eigenvalue weighted by molar-refractivity contribution is -0.125. The Hall–Kier alpha value is -1.62. The van der Waals surface area contributed by atoms with Crippen LogP contribution in [0.2, 0.25) is 10.0 Å². The van der Waals surface area contributed by atoms with Gasteiger partial charge in [-0.05, 0) is 55.6 Å². The van der Waals surface area contributed by atoms with E-state index in [1.165, 1.54) is 12.8 Å². The van der Waals surface area contributed by atoms with Gasteiger partial charge < -0.3 is 5.32 Å². The molecule has 0 saturated carbocycles. The summed E-state index contributed by atoms with van der Waals surface area (Å²) in [5.74, 6) is 0.00683. The summed E-state index contributed by atoms with van der Waals surface area (Å²) in [7, 11) is 0. The predicted molar refractivity (Wildman–Crippen MR) is 119 cm³/mol. The summed E-state index contributed by atoms with van der Waals surface area (Å²) in [4.78, 5) is 19.5. The van der Waals surface area contributed by atoms with Crippen molar-refractivity contribution in [3.63, 3.8) is 0 Å². The molecule has 2 aromatic rings. The molecule has 29 heavy (non-hydrogen) atoms. The van der Waals surface area contributed by atoms with Crippen LogP contribution in [0.5, 0.6) is 0 Å². The maximum absolute atomic E-state index is 12.4. The monoisotopic (exact) mass is 433 g/mol. The Labute approximate surface area is 183 Å². The van der Waals surface area contributed by atoms with Gasteiger partial charge in [0.05, 0.1) is 21.8 Å². The Morgan fingerprint density at radius 3 is 2.72 bits per heavy atom. The van der Waals surface area contributed by atoms with Crippen LogP contribution in [-0.2, 0) is 11.3 Å². The first-order chi connectivity index (χ1) is 13.9. The van der Waals surface area contributed by atoms with Crippen LogP contribution < -0.4 is 5.32 Å². The fourth-order valence-corrected chi connectivity index (χ4v) is 4.17. The van der Waals surface area contributed by atoms with Crippen LogP contribution in [-0.4, -0.2) is 28.4 Å². The van der Waals surface area contributed by atoms with E-state index >= 15 is 0 Å². The number of nitrogens with zero attached hydrogens (tertiary/aromatic N) is 2. The number of carbonyl (C=O) groups excluding carboxylic acids is 1. The van der Waals surface area contributed by atoms with Crippen molar-refractivity contribution in [1.29, 1.82) is 0 Å². The lowest BCUT2D eigenvalue weighted by Crippen LogP contribution is -2.43. The average Bonchev–Trinajstić information content (AvgIpc) is 2.72. The van der Waals surface area contributed by atoms with Crippen LogP contribution in [0.3, 0.4) is 0 Å². The number of hydrogen-bond donors (Lipinski definition) is 1. The number of likely N-dealkylation sites (tertiary alicyclic amines) is 1. The van der Waals surface area contributed by atoms with Crippen molar-refractivity contribution in [1.82, 2.24) is 15.2 Å². The predicted octanol–water partition coefficient (Wildman–Crippen LogP) is 5.65. The van der Waals surface area contributed by atoms with Crippen molar-refractivity contribution in [2.24, 2.45) is 5.92 Å². The van der Waals surface area contributed by atoms with E-state index in [9.17, 15) is 4.79 Å². The van der Waals surface area contributed by atoms with Crippen LogP contribution in [0.25, 0.3) is 0 Å². The van der Waals surface area contributed by atoms with E-state index in [2.05, 4.69) is 15.2 Å². The summed E-state index contributed by atoms with van der Waals surface area (Å²) in [6, 6.07) is 12.0. The zero-order valence-electron chi connectivity index (χ0n) is 17.1. The van der Waals surface area contributed by atoms with E-state index in [0.29, 0.717) is 16.1 Å². The smallest absolute Gasteiger partial charge is 0.223 e. The third-order valence-electron chi connectivity index (χ3n) is 5.51. The van der Waals surface area contributed by atoms with Gasteiger partial charge in [-0.2, -0.15) is 0 Å². The Kier molecular flexibility index (Phi) is 7.93. The number of nitrogens with one attached hydrogen (secondary N) is 1. The second kappa shape index (κ2) is 10.4. The van der Waals surface area contributed by atoms with Crippen molar-refractivity contribution < 1.29 is 4.79 Å². The molecule has 2 heterocycles. The van der Waals surface area contributed by atoms with Crippen LogP contribution in [0.15, 0.2) is 42.6 Å². The molecule has 1 aliphatic heterocycles. The van der Waals surface area contributed by atoms with Crippen molar-refractivity contribution in [3.05, 3.63) is 63.9 Å². The van der Waals surface area contributed by atoms with Gasteiger partial charge in [0, 0.05) is 24.7 Å². The summed E-state index contributed by atoms with van der Waals surface area (Å²) in [6.07, 6.45) is 6.14. The van der Waals surface area contributed by atoms with Gasteiger partial charge in [-0.25, -0.2) is 0 Å². The molecule has 0 spiro atoms. The number of aromatic nitrogens is 1. The van der Waals surface area contributed by atoms with Crippen molar-refractivity contribution in [3.8, 4) is 0 Å². The maximum Gasteiger partial charge on any atom is 0.223 e. The number of halogens is 2. The highest BCUT2D eigenvalue weighted by molar-refractivity contribution is 6.42. The Morgan fingerprint density at radius 2 is 2.03 bits per heavy atom. The minimum atomic E-state index is -0.0921. The Morgan fingerprint density at radius 1 is 1.21 bits per heavy atom. The van der Waals surface area contributed by atoms with Gasteiger partial charge in [-0.15, -0.1) is 0 Å². The van der Waals surface area contributed by atoms with Crippen molar-refractivity contribution >= 4 is 29.1 Å². The fourth-order valence-electron chi connectivity index (χ4n) is 3.85. The van der Waals surface area contributed by atoms with E-state index in [4.69, 9.17) is 23.2 Å². The summed E-state index contributed by atoms with van der Waals surface area (Å²) in [5.41, 5.74) is 2.08. The number of rotatable bonds is 7. The molecule has 1 aromatic carbocycles. The van der Waals surface area contributed by atoms with Crippen LogP contribution in [0.1, 0.15) is 56.8 Å². The largest absolute Gasteiger partial charge is 0.347 e. The molecule has 0 aliphatic carbocycles. The standard InChI is InChI=1S/C23H29Cl2N3O/c1-16(2)23(29)27-22(21-8-3-5-11-26-21)14-18-7-4-6-12-28(18)15-17-9-10-19(24)20(25)13-17/h3,5,8-11,13,16,18,22H,4,6-7,12,14-15H2,1-2H3,(H,27,29)/t18-,22+/m1/s1. The first kappa shape index (κ1) is 22.1. The third-order valence-corrected chi connectivity index (χ3v) is 6.25. The number of amides is 1. The second-order valence-electron chi connectivity index (χ2n) is 8.07. The minimum absolute atomic E-state index is 0.0557. The number of hydrogen-bond acceptors (Lipinski definition) is 3. The molecule has 1 saturated heterocycles. The molecule has 6 heteroatoms. The zero-order chi connectivity index (χ0) is 20.8. The molecule has 1 N–H and O–H groups in total. The second-order valence-corrected chi connectivity index (χ2v) is 8.89. The molecule has 156 valence electrons. The molecule has 1 fully saturated rings. The molecule has 2 atom stereocenters. The maximum atomic E-state index is 12.4. The van der Waals surface area contributed by atoms with E-state index in [1.807, 2.05) is 50.2 Å². The highest BCUT2D eigenvalue weighted by Gasteiger charge is 2.28. The summed E-state index contributed by atoms with van der Waals surface area (Å²) in [6.45, 7) is 5.70. The minimum Gasteiger partial charge on any atom is -0.347 e. The topological polar surface area (TPSA) is 45.2 Å². The molecule has 0 bridgehead atoms. The third kappa shape index (κ3) is 6.18. The van der Waals surface area contributed by atoms with Gasteiger partial charge in [0.1, 0.15) is 0 Å². The van der Waals surface area contributed by atoms with Gasteiger partial charge in [0.2, 0.25) is 5.91 Å². The Balaban J connectivity index is 1.76. The first-order valence-electron chi connectivity index (χ1n) is 10.3. The summed E-state index contributed by atoms with van der Waals surface area (Å²) in [5, 5.41) is 4.39. The Bertz CT molecular complexity index is 813. The van der Waals surface area contributed by atoms with Crippen LogP contribution in [0, 0.1) is 5.92 Å². The highest BCUT2D eigenvalue weighted by atomic mass is 35.5. The molecular weight excluding hydrogens is 405 g/mol. The van der Waals surface area contributed by atoms with E-state index in [0.717, 1.165) is 37.2 Å². The molecular formula is C23H29Cl2N3O. The molecule has 0 radical (unpaired) electrons. The van der Waals surface area contributed by atoms with Gasteiger partial charge in [0.25, 0.3) is 0 Å². The molecule has 1 aromatic heterocycles. The zero-order valence-corrected chi connectivity index (χ0v) is 18.6. The summed E-state index contributed by atoms with van der Waals surface area (Å²) < 4.78 is 0. The SMILES string of the molecule is CC(C)C(=O)N[C@@H](C[C@H]1CCCCN1Cc1ccc(Cl)c(Cl)c1)c1ccccn1. The van der Waals surface area contributed by atoms with Crippen molar-refractivity contribution in [2.75, 3.05) is 6.54 Å². The number of benzene rings is 1. The van der Waals surface area contributed by atoms with E-state index < -0.39 is 0 Å². The van der Waals surface area contributed by atoms with Gasteiger partial charge >= 0.3 is 0 Å². The molecule has 3 rings (SSSR count). The average molecular weight is 434 g/mol. The van der Waals surface area contributed by atoms with Gasteiger partial charge in [-0.3, -0.25) is 14.7 Å². The van der Waals surface area contributed by atoms with Crippen molar-refractivity contribution in [2.45, 2.75) is 58.2 Å². The summed E-state index contributed by atoms with van der Waals surface area (Å²) >= 11 is 12.3. The highest BCUT2D eigenvalue weighted by Crippen LogP contribution is 2.29. The number of piperidine rings is 1. The fraction of sp³-hybridized carbons (Fsp3) is 0.478. The van der Waals surface area contributed by atoms with Gasteiger partial charge in [0.15, 0.2) is 0 Å². The molecule has 4 nitrogen and oxygen atoms in total. The quantitative estimate of drug-likeness (QED) is 0.613. The van der Waals surface area contributed by atoms with Crippen LogP contribution in [0.4, 0.5) is 0 Å². The lowest BCUT2D eigenvalue weighted by Gasteiger charge is -2.38. The molecule has 1 aliphatic rings. The number of pyridine rings is 1.